The summed E-state index contributed by atoms with van der Waals surface area (Å²) in [5, 5.41) is 8.95. The fraction of sp³-hybridized carbons (Fsp3) is 0.438. The van der Waals surface area contributed by atoms with E-state index < -0.39 is 0 Å². The van der Waals surface area contributed by atoms with Gasteiger partial charge in [0.15, 0.2) is 0 Å². The summed E-state index contributed by atoms with van der Waals surface area (Å²) in [7, 11) is 0. The largest absolute Gasteiger partial charge is 0.395 e. The zero-order valence-corrected chi connectivity index (χ0v) is 12.0. The Morgan fingerprint density at radius 1 is 1.24 bits per heavy atom. The van der Waals surface area contributed by atoms with Gasteiger partial charge in [-0.15, -0.1) is 0 Å². The monoisotopic (exact) mass is 292 g/mol. The number of β-amino-alcohol motifs (C(OH)–C–C–N with tert-alkyl or cyclic N) is 1. The van der Waals surface area contributed by atoms with Crippen LogP contribution in [-0.4, -0.2) is 60.1 Å². The number of amides is 1. The molecule has 0 bridgehead atoms. The van der Waals surface area contributed by atoms with Gasteiger partial charge in [0.25, 0.3) is 0 Å². The number of carbonyl (C=O) groups excluding carboxylic acids is 1. The van der Waals surface area contributed by atoms with Crippen LogP contribution < -0.4 is 0 Å². The molecule has 21 heavy (non-hydrogen) atoms. The first-order chi connectivity index (χ1) is 10.2. The van der Waals surface area contributed by atoms with Crippen molar-refractivity contribution in [3.63, 3.8) is 0 Å². The van der Waals surface area contributed by atoms with E-state index in [0.29, 0.717) is 25.2 Å². The highest BCUT2D eigenvalue weighted by Crippen LogP contribution is 2.09. The van der Waals surface area contributed by atoms with Crippen LogP contribution in [0.1, 0.15) is 12.0 Å². The Labute approximate surface area is 124 Å². The van der Waals surface area contributed by atoms with Gasteiger partial charge < -0.3 is 10.0 Å². The van der Waals surface area contributed by atoms with E-state index >= 15 is 0 Å². The van der Waals surface area contributed by atoms with Crippen LogP contribution in [0.3, 0.4) is 0 Å². The van der Waals surface area contributed by atoms with E-state index in [-0.39, 0.29) is 18.3 Å². The first-order valence-electron chi connectivity index (χ1n) is 7.25. The maximum absolute atomic E-state index is 13.5. The van der Waals surface area contributed by atoms with Crippen molar-refractivity contribution in [1.29, 1.82) is 0 Å². The van der Waals surface area contributed by atoms with Gasteiger partial charge in [0, 0.05) is 37.8 Å². The van der Waals surface area contributed by atoms with Crippen LogP contribution in [0.25, 0.3) is 6.08 Å². The molecule has 1 saturated heterocycles. The van der Waals surface area contributed by atoms with E-state index in [0.717, 1.165) is 19.5 Å². The molecule has 0 radical (unpaired) electrons. The van der Waals surface area contributed by atoms with E-state index in [1.807, 2.05) is 0 Å². The molecule has 1 fully saturated rings. The third-order valence-electron chi connectivity index (χ3n) is 3.63. The Hall–Kier alpha value is -1.72. The molecule has 2 rings (SSSR count). The third-order valence-corrected chi connectivity index (χ3v) is 3.63. The highest BCUT2D eigenvalue weighted by atomic mass is 19.1. The van der Waals surface area contributed by atoms with Crippen molar-refractivity contribution in [3.8, 4) is 0 Å². The van der Waals surface area contributed by atoms with Gasteiger partial charge in [-0.2, -0.15) is 0 Å². The zero-order valence-electron chi connectivity index (χ0n) is 12.0. The summed E-state index contributed by atoms with van der Waals surface area (Å²) in [5.41, 5.74) is 0.419. The summed E-state index contributed by atoms with van der Waals surface area (Å²) in [6, 6.07) is 6.39. The molecule has 5 heteroatoms. The van der Waals surface area contributed by atoms with Gasteiger partial charge in [-0.25, -0.2) is 4.39 Å². The molecule has 114 valence electrons. The Morgan fingerprint density at radius 2 is 2.05 bits per heavy atom. The van der Waals surface area contributed by atoms with Gasteiger partial charge in [-0.05, 0) is 25.1 Å². The number of nitrogens with zero attached hydrogens (tertiary/aromatic N) is 2. The summed E-state index contributed by atoms with van der Waals surface area (Å²) in [4.78, 5) is 16.1. The van der Waals surface area contributed by atoms with Gasteiger partial charge >= 0.3 is 0 Å². The van der Waals surface area contributed by atoms with E-state index in [1.165, 1.54) is 18.2 Å². The van der Waals surface area contributed by atoms with Crippen molar-refractivity contribution in [2.45, 2.75) is 6.42 Å². The minimum absolute atomic E-state index is 0.0934. The molecule has 1 heterocycles. The van der Waals surface area contributed by atoms with Gasteiger partial charge in [0.1, 0.15) is 5.82 Å². The van der Waals surface area contributed by atoms with Crippen molar-refractivity contribution in [3.05, 3.63) is 41.7 Å². The van der Waals surface area contributed by atoms with Crippen LogP contribution in [0.2, 0.25) is 0 Å². The van der Waals surface area contributed by atoms with E-state index in [4.69, 9.17) is 5.11 Å². The quantitative estimate of drug-likeness (QED) is 0.852. The van der Waals surface area contributed by atoms with Crippen LogP contribution in [0.4, 0.5) is 4.39 Å². The highest BCUT2D eigenvalue weighted by molar-refractivity contribution is 5.91. The van der Waals surface area contributed by atoms with Crippen molar-refractivity contribution in [2.24, 2.45) is 0 Å². The summed E-state index contributed by atoms with van der Waals surface area (Å²) in [5.74, 6) is -0.421. The third kappa shape index (κ3) is 4.65. The van der Waals surface area contributed by atoms with Crippen LogP contribution in [0.15, 0.2) is 30.3 Å². The minimum Gasteiger partial charge on any atom is -0.395 e. The van der Waals surface area contributed by atoms with Crippen molar-refractivity contribution in [2.75, 3.05) is 39.3 Å². The van der Waals surface area contributed by atoms with Crippen molar-refractivity contribution in [1.82, 2.24) is 9.80 Å². The lowest BCUT2D eigenvalue weighted by Crippen LogP contribution is -2.35. The average Bonchev–Trinajstić information content (AvgIpc) is 2.72. The molecule has 1 aliphatic heterocycles. The molecule has 4 nitrogen and oxygen atoms in total. The lowest BCUT2D eigenvalue weighted by molar-refractivity contribution is -0.125. The predicted molar refractivity (Wildman–Crippen MR) is 80.2 cm³/mol. The second-order valence-electron chi connectivity index (χ2n) is 5.10. The lowest BCUT2D eigenvalue weighted by Gasteiger charge is -2.20. The number of hydrogen-bond acceptors (Lipinski definition) is 3. The minimum atomic E-state index is -0.327. The number of hydrogen-bond donors (Lipinski definition) is 1. The summed E-state index contributed by atoms with van der Waals surface area (Å²) >= 11 is 0. The number of halogens is 1. The van der Waals surface area contributed by atoms with Crippen LogP contribution >= 0.6 is 0 Å². The molecule has 1 amide bonds. The van der Waals surface area contributed by atoms with Crippen molar-refractivity contribution < 1.29 is 14.3 Å². The number of rotatable bonds is 4. The molecule has 1 aromatic carbocycles. The molecule has 0 spiro atoms. The second kappa shape index (κ2) is 7.90. The van der Waals surface area contributed by atoms with Gasteiger partial charge in [-0.1, -0.05) is 18.2 Å². The fourth-order valence-corrected chi connectivity index (χ4v) is 2.43. The smallest absolute Gasteiger partial charge is 0.246 e. The SMILES string of the molecule is O=C(C=Cc1ccccc1F)N1CCCN(CCO)CC1. The average molecular weight is 292 g/mol. The molecular formula is C16H21FN2O2. The predicted octanol–water partition coefficient (Wildman–Crippen LogP) is 1.37. The molecule has 0 aromatic heterocycles. The molecule has 1 aliphatic rings. The molecule has 0 aliphatic carbocycles. The first-order valence-corrected chi connectivity index (χ1v) is 7.25. The number of aliphatic hydroxyl groups excluding tert-OH is 1. The number of carbonyl (C=O) groups is 1. The fourth-order valence-electron chi connectivity index (χ4n) is 2.43. The Kier molecular flexibility index (Phi) is 5.90. The molecule has 0 atom stereocenters. The Morgan fingerprint density at radius 3 is 2.81 bits per heavy atom. The van der Waals surface area contributed by atoms with Gasteiger partial charge in [0.2, 0.25) is 5.91 Å². The normalized spacial score (nSPS) is 17.1. The molecular weight excluding hydrogens is 271 g/mol. The summed E-state index contributed by atoms with van der Waals surface area (Å²) < 4.78 is 13.5. The molecule has 1 N–H and O–H groups in total. The molecule has 0 unspecified atom stereocenters. The van der Waals surface area contributed by atoms with Crippen LogP contribution in [-0.2, 0) is 4.79 Å². The lowest BCUT2D eigenvalue weighted by atomic mass is 10.2. The summed E-state index contributed by atoms with van der Waals surface area (Å²) in [6.07, 6.45) is 3.84. The van der Waals surface area contributed by atoms with E-state index in [9.17, 15) is 9.18 Å². The Bertz CT molecular complexity index is 505. The Balaban J connectivity index is 1.93. The van der Waals surface area contributed by atoms with Gasteiger partial charge in [-0.3, -0.25) is 9.69 Å². The van der Waals surface area contributed by atoms with Gasteiger partial charge in [0.05, 0.1) is 6.61 Å². The topological polar surface area (TPSA) is 43.8 Å². The van der Waals surface area contributed by atoms with E-state index in [1.54, 1.807) is 23.1 Å². The van der Waals surface area contributed by atoms with E-state index in [2.05, 4.69) is 4.90 Å². The maximum atomic E-state index is 13.5. The van der Waals surface area contributed by atoms with Crippen molar-refractivity contribution >= 4 is 12.0 Å². The summed E-state index contributed by atoms with van der Waals surface area (Å²) in [6.45, 7) is 3.78. The standard InChI is InChI=1S/C16H21FN2O2/c17-15-5-2-1-4-14(15)6-7-16(21)19-9-3-8-18(10-11-19)12-13-20/h1-2,4-7,20H,3,8-13H2. The number of benzene rings is 1. The second-order valence-corrected chi connectivity index (χ2v) is 5.10. The maximum Gasteiger partial charge on any atom is 0.246 e. The molecule has 1 aromatic rings. The van der Waals surface area contributed by atoms with Crippen LogP contribution in [0, 0.1) is 5.82 Å². The first kappa shape index (κ1) is 15.7. The number of aliphatic hydroxyl groups is 1. The zero-order chi connectivity index (χ0) is 15.1. The molecule has 0 saturated carbocycles. The highest BCUT2D eigenvalue weighted by Gasteiger charge is 2.17. The van der Waals surface area contributed by atoms with Crippen LogP contribution in [0.5, 0.6) is 0 Å².